The number of fused-ring (bicyclic) bond motifs is 5. The van der Waals surface area contributed by atoms with Crippen molar-refractivity contribution in [3.8, 4) is 0 Å². The lowest BCUT2D eigenvalue weighted by molar-refractivity contribution is -0.267. The maximum absolute atomic E-state index is 12.8. The van der Waals surface area contributed by atoms with E-state index in [4.69, 9.17) is 9.99 Å². The zero-order chi connectivity index (χ0) is 35.3. The van der Waals surface area contributed by atoms with E-state index in [-0.39, 0.29) is 18.2 Å². The lowest BCUT2D eigenvalue weighted by Crippen LogP contribution is -2.51. The van der Waals surface area contributed by atoms with Gasteiger partial charge in [-0.05, 0) is 117 Å². The molecule has 280 valence electrons. The van der Waals surface area contributed by atoms with Gasteiger partial charge in [0.25, 0.3) is 0 Å². The molecule has 49 heavy (non-hydrogen) atoms. The first-order chi connectivity index (χ1) is 23.6. The number of ether oxygens (including phenoxy) is 1. The summed E-state index contributed by atoms with van der Waals surface area (Å²) in [5, 5.41) is 9.04. The van der Waals surface area contributed by atoms with Crippen LogP contribution in [0.5, 0.6) is 0 Å². The van der Waals surface area contributed by atoms with Gasteiger partial charge in [0, 0.05) is 12.8 Å². The molecule has 0 aromatic rings. The van der Waals surface area contributed by atoms with E-state index in [1.54, 1.807) is 5.57 Å². The summed E-state index contributed by atoms with van der Waals surface area (Å²) in [5.74, 6) is 5.19. The van der Waals surface area contributed by atoms with Gasteiger partial charge in [-0.25, -0.2) is 4.89 Å². The molecular formula is C45H76O4. The molecule has 3 saturated carbocycles. The molecule has 0 amide bonds. The SMILES string of the molecule is CCCCCC(/C=C/C=C\CCCCCCCC(=O)O[C@H]1CC[C@@]2(C)C(=CCC3C4CCC(C(C)CCCC(C)C)[C@@]4(C)CCC32)C1)OO. The van der Waals surface area contributed by atoms with Gasteiger partial charge < -0.3 is 4.74 Å². The molecule has 0 aromatic heterocycles. The van der Waals surface area contributed by atoms with Crippen molar-refractivity contribution >= 4 is 5.97 Å². The van der Waals surface area contributed by atoms with Crippen LogP contribution < -0.4 is 0 Å². The molecule has 0 bridgehead atoms. The predicted molar refractivity (Wildman–Crippen MR) is 205 cm³/mol. The number of allylic oxidation sites excluding steroid dienone is 4. The number of hydrogen-bond donors (Lipinski definition) is 1. The van der Waals surface area contributed by atoms with Crippen molar-refractivity contribution in [1.82, 2.24) is 0 Å². The van der Waals surface area contributed by atoms with Gasteiger partial charge in [-0.2, -0.15) is 0 Å². The third-order valence-electron chi connectivity index (χ3n) is 14.1. The van der Waals surface area contributed by atoms with Gasteiger partial charge in [-0.15, -0.1) is 0 Å². The summed E-state index contributed by atoms with van der Waals surface area (Å²) < 4.78 is 6.11. The van der Waals surface area contributed by atoms with E-state index in [0.29, 0.717) is 17.3 Å². The molecule has 3 fully saturated rings. The summed E-state index contributed by atoms with van der Waals surface area (Å²) in [6.45, 7) is 14.8. The maximum atomic E-state index is 12.8. The molecule has 9 atom stereocenters. The molecule has 6 unspecified atom stereocenters. The highest BCUT2D eigenvalue weighted by atomic mass is 17.1. The Morgan fingerprint density at radius 2 is 1.69 bits per heavy atom. The van der Waals surface area contributed by atoms with Gasteiger partial charge in [-0.1, -0.05) is 135 Å². The normalized spacial score (nSPS) is 32.6. The molecule has 4 aliphatic rings. The average Bonchev–Trinajstić information content (AvgIpc) is 3.43. The minimum absolute atomic E-state index is 0.0189. The molecule has 0 aliphatic heterocycles. The van der Waals surface area contributed by atoms with E-state index >= 15 is 0 Å². The number of unbranched alkanes of at least 4 members (excludes halogenated alkanes) is 7. The molecule has 1 N–H and O–H groups in total. The zero-order valence-corrected chi connectivity index (χ0v) is 32.7. The fourth-order valence-electron chi connectivity index (χ4n) is 11.2. The number of carbonyl (C=O) groups is 1. The van der Waals surface area contributed by atoms with Gasteiger partial charge in [0.1, 0.15) is 12.2 Å². The summed E-state index contributed by atoms with van der Waals surface area (Å²) in [4.78, 5) is 17.4. The lowest BCUT2D eigenvalue weighted by Gasteiger charge is -2.58. The topological polar surface area (TPSA) is 55.8 Å². The standard InChI is InChI=1S/C45H76O4/c1-7-8-16-22-37(49-47)23-17-14-12-10-9-11-13-15-18-24-43(46)48-38-29-31-44(5)36(33-38)25-26-39-41-28-27-40(35(4)21-19-20-34(2)3)45(41,6)32-30-42(39)44/h12,14,17,23,25,34-35,37-42,47H,7-11,13,15-16,18-22,24,26-33H2,1-6H3/b14-12-,23-17+/t35?,37?,38-,39?,40?,41?,42?,44-,45+/m0/s1. The second-order valence-corrected chi connectivity index (χ2v) is 17.9. The van der Waals surface area contributed by atoms with Gasteiger partial charge in [0.05, 0.1) is 0 Å². The summed E-state index contributed by atoms with van der Waals surface area (Å²) >= 11 is 0. The van der Waals surface area contributed by atoms with Gasteiger partial charge in [0.2, 0.25) is 0 Å². The summed E-state index contributed by atoms with van der Waals surface area (Å²) in [6.07, 6.45) is 36.5. The van der Waals surface area contributed by atoms with Crippen LogP contribution in [0.2, 0.25) is 0 Å². The first kappa shape index (κ1) is 40.4. The molecule has 0 radical (unpaired) electrons. The Morgan fingerprint density at radius 3 is 2.47 bits per heavy atom. The fraction of sp³-hybridized carbons (Fsp3) is 0.844. The Balaban J connectivity index is 1.12. The van der Waals surface area contributed by atoms with Crippen LogP contribution in [0.15, 0.2) is 36.0 Å². The molecule has 4 nitrogen and oxygen atoms in total. The van der Waals surface area contributed by atoms with Crippen molar-refractivity contribution < 1.29 is 19.7 Å². The number of carbonyl (C=O) groups excluding carboxylic acids is 1. The molecular weight excluding hydrogens is 604 g/mol. The fourth-order valence-corrected chi connectivity index (χ4v) is 11.2. The van der Waals surface area contributed by atoms with Gasteiger partial charge in [-0.3, -0.25) is 10.1 Å². The Hall–Kier alpha value is -1.39. The molecule has 4 rings (SSSR count). The van der Waals surface area contributed by atoms with Crippen LogP contribution in [0.4, 0.5) is 0 Å². The largest absolute Gasteiger partial charge is 0.462 e. The third-order valence-corrected chi connectivity index (χ3v) is 14.1. The van der Waals surface area contributed by atoms with Crippen LogP contribution in [0.1, 0.15) is 183 Å². The van der Waals surface area contributed by atoms with Crippen molar-refractivity contribution in [2.24, 2.45) is 46.3 Å². The third kappa shape index (κ3) is 11.1. The van der Waals surface area contributed by atoms with Crippen LogP contribution >= 0.6 is 0 Å². The van der Waals surface area contributed by atoms with Crippen LogP contribution in [0.25, 0.3) is 0 Å². The highest BCUT2D eigenvalue weighted by Gasteiger charge is 2.59. The Kier molecular flexibility index (Phi) is 16.5. The Bertz CT molecular complexity index is 1070. The summed E-state index contributed by atoms with van der Waals surface area (Å²) in [7, 11) is 0. The van der Waals surface area contributed by atoms with Gasteiger partial charge >= 0.3 is 5.97 Å². The monoisotopic (exact) mass is 681 g/mol. The zero-order valence-electron chi connectivity index (χ0n) is 32.7. The van der Waals surface area contributed by atoms with Crippen molar-refractivity contribution in [1.29, 1.82) is 0 Å². The maximum Gasteiger partial charge on any atom is 0.306 e. The molecule has 0 aromatic carbocycles. The van der Waals surface area contributed by atoms with E-state index < -0.39 is 0 Å². The van der Waals surface area contributed by atoms with E-state index in [1.807, 2.05) is 12.2 Å². The number of esters is 1. The second-order valence-electron chi connectivity index (χ2n) is 17.9. The highest BCUT2D eigenvalue weighted by molar-refractivity contribution is 5.69. The van der Waals surface area contributed by atoms with Gasteiger partial charge in [0.15, 0.2) is 0 Å². The van der Waals surface area contributed by atoms with E-state index in [9.17, 15) is 4.79 Å². The minimum Gasteiger partial charge on any atom is -0.462 e. The van der Waals surface area contributed by atoms with E-state index in [1.165, 1.54) is 89.9 Å². The van der Waals surface area contributed by atoms with Crippen LogP contribution in [-0.2, 0) is 14.4 Å². The lowest BCUT2D eigenvalue weighted by atomic mass is 9.47. The molecule has 0 saturated heterocycles. The number of hydrogen-bond acceptors (Lipinski definition) is 4. The van der Waals surface area contributed by atoms with E-state index in [2.05, 4.69) is 64.7 Å². The molecule has 0 spiro atoms. The number of rotatable bonds is 21. The van der Waals surface area contributed by atoms with Crippen LogP contribution in [-0.4, -0.2) is 23.4 Å². The predicted octanol–water partition coefficient (Wildman–Crippen LogP) is 13.2. The smallest absolute Gasteiger partial charge is 0.306 e. The Labute approximate surface area is 302 Å². The summed E-state index contributed by atoms with van der Waals surface area (Å²) in [5.41, 5.74) is 2.47. The van der Waals surface area contributed by atoms with Crippen molar-refractivity contribution in [3.63, 3.8) is 0 Å². The minimum atomic E-state index is -0.204. The van der Waals surface area contributed by atoms with Crippen LogP contribution in [0.3, 0.4) is 0 Å². The van der Waals surface area contributed by atoms with Crippen LogP contribution in [0, 0.1) is 46.3 Å². The first-order valence-corrected chi connectivity index (χ1v) is 21.1. The summed E-state index contributed by atoms with van der Waals surface area (Å²) in [6, 6.07) is 0. The van der Waals surface area contributed by atoms with Crippen molar-refractivity contribution in [2.45, 2.75) is 195 Å². The molecule has 4 heteroatoms. The average molecular weight is 681 g/mol. The molecule has 4 aliphatic carbocycles. The van der Waals surface area contributed by atoms with Crippen molar-refractivity contribution in [3.05, 3.63) is 36.0 Å². The second kappa shape index (κ2) is 20.0. The first-order valence-electron chi connectivity index (χ1n) is 21.1. The highest BCUT2D eigenvalue weighted by Crippen LogP contribution is 2.67. The Morgan fingerprint density at radius 1 is 0.898 bits per heavy atom. The molecule has 0 heterocycles. The van der Waals surface area contributed by atoms with E-state index in [0.717, 1.165) is 80.5 Å². The van der Waals surface area contributed by atoms with Crippen molar-refractivity contribution in [2.75, 3.05) is 0 Å². The quantitative estimate of drug-likeness (QED) is 0.0327.